The number of methoxy groups -OCH3 is 1. The molecule has 0 saturated carbocycles. The summed E-state index contributed by atoms with van der Waals surface area (Å²) in [7, 11) is 1.64. The lowest BCUT2D eigenvalue weighted by molar-refractivity contribution is -0.122. The van der Waals surface area contributed by atoms with E-state index in [2.05, 4.69) is 9.88 Å². The van der Waals surface area contributed by atoms with Gasteiger partial charge < -0.3 is 19.7 Å². The topological polar surface area (TPSA) is 109 Å². The first kappa shape index (κ1) is 21.2. The van der Waals surface area contributed by atoms with Gasteiger partial charge in [-0.05, 0) is 30.5 Å². The molecular weight excluding hydrogens is 396 g/mol. The number of likely N-dealkylation sites (tertiary alicyclic amines) is 1. The molecule has 4 heterocycles. The third-order valence-electron chi connectivity index (χ3n) is 5.32. The molecule has 1 spiro atoms. The second kappa shape index (κ2) is 9.34. The monoisotopic (exact) mass is 420 g/mol. The van der Waals surface area contributed by atoms with E-state index in [0.29, 0.717) is 17.4 Å². The van der Waals surface area contributed by atoms with Crippen LogP contribution >= 0.6 is 11.3 Å². The Morgan fingerprint density at radius 3 is 2.83 bits per heavy atom. The van der Waals surface area contributed by atoms with E-state index >= 15 is 0 Å². The molecule has 2 N–H and O–H groups in total. The Kier molecular flexibility index (Phi) is 6.83. The van der Waals surface area contributed by atoms with Crippen molar-refractivity contribution in [3.8, 4) is 5.88 Å². The lowest BCUT2D eigenvalue weighted by atomic mass is 9.82. The van der Waals surface area contributed by atoms with Crippen LogP contribution in [0.1, 0.15) is 38.5 Å². The smallest absolute Gasteiger partial charge is 0.345 e. The second-order valence-electron chi connectivity index (χ2n) is 6.90. The van der Waals surface area contributed by atoms with Crippen molar-refractivity contribution >= 4 is 23.8 Å². The Labute approximate surface area is 172 Å². The van der Waals surface area contributed by atoms with Crippen molar-refractivity contribution in [2.24, 2.45) is 0 Å². The first-order chi connectivity index (χ1) is 14.0. The number of carboxylic acid groups (broad SMARTS) is 2. The van der Waals surface area contributed by atoms with Gasteiger partial charge in [-0.1, -0.05) is 6.07 Å². The first-order valence-corrected chi connectivity index (χ1v) is 10.1. The Hall–Kier alpha value is -2.49. The van der Waals surface area contributed by atoms with E-state index in [9.17, 15) is 9.90 Å². The average molecular weight is 420 g/mol. The number of fused-ring (bicyclic) bond motifs is 2. The number of thiophene rings is 1. The van der Waals surface area contributed by atoms with Crippen LogP contribution in [0.3, 0.4) is 0 Å². The van der Waals surface area contributed by atoms with Crippen molar-refractivity contribution in [3.05, 3.63) is 45.3 Å². The number of hydrogen-bond acceptors (Lipinski definition) is 7. The molecule has 156 valence electrons. The molecule has 2 aromatic heterocycles. The van der Waals surface area contributed by atoms with Gasteiger partial charge in [-0.15, -0.1) is 11.3 Å². The van der Waals surface area contributed by atoms with Gasteiger partial charge in [-0.25, -0.2) is 9.78 Å². The summed E-state index contributed by atoms with van der Waals surface area (Å²) < 4.78 is 11.6. The minimum atomic E-state index is -0.847. The molecule has 0 aliphatic carbocycles. The van der Waals surface area contributed by atoms with Gasteiger partial charge in [0.05, 0.1) is 19.3 Å². The predicted molar refractivity (Wildman–Crippen MR) is 107 cm³/mol. The third-order valence-corrected chi connectivity index (χ3v) is 6.50. The number of nitrogens with zero attached hydrogens (tertiary/aromatic N) is 2. The SMILES string of the molecule is COc1ncccc1CN1CCC2(CC1)OCCc1sc(C(=O)O)cc12.O=CO. The summed E-state index contributed by atoms with van der Waals surface area (Å²) in [5.74, 6) is -0.173. The zero-order valence-corrected chi connectivity index (χ0v) is 17.0. The molecule has 8 nitrogen and oxygen atoms in total. The Balaban J connectivity index is 0.000000755. The number of aromatic nitrogens is 1. The maximum absolute atomic E-state index is 11.3. The number of piperidine rings is 1. The van der Waals surface area contributed by atoms with E-state index in [1.54, 1.807) is 13.3 Å². The standard InChI is InChI=1S/C19H22N2O4S.CH2O2/c1-24-17-13(3-2-7-20-17)12-21-8-5-19(6-9-21)14-11-16(18(22)23)26-15(14)4-10-25-19;2-1-3/h2-3,7,11H,4-6,8-10,12H2,1H3,(H,22,23);1H,(H,2,3). The summed E-state index contributed by atoms with van der Waals surface area (Å²) in [4.78, 5) is 28.0. The molecule has 0 unspecified atom stereocenters. The lowest BCUT2D eigenvalue weighted by Crippen LogP contribution is -2.45. The second-order valence-corrected chi connectivity index (χ2v) is 8.04. The van der Waals surface area contributed by atoms with Crippen LogP contribution in [0.15, 0.2) is 24.4 Å². The van der Waals surface area contributed by atoms with E-state index < -0.39 is 5.97 Å². The normalized spacial score (nSPS) is 17.7. The minimum absolute atomic E-state index is 0.250. The van der Waals surface area contributed by atoms with Crippen LogP contribution < -0.4 is 4.74 Å². The fraction of sp³-hybridized carbons (Fsp3) is 0.450. The van der Waals surface area contributed by atoms with E-state index in [-0.39, 0.29) is 12.1 Å². The van der Waals surface area contributed by atoms with Crippen molar-refractivity contribution in [1.82, 2.24) is 9.88 Å². The maximum Gasteiger partial charge on any atom is 0.345 e. The summed E-state index contributed by atoms with van der Waals surface area (Å²) in [6.45, 7) is 3.01. The van der Waals surface area contributed by atoms with Crippen LogP contribution in [-0.4, -0.2) is 59.3 Å². The van der Waals surface area contributed by atoms with E-state index in [4.69, 9.17) is 19.4 Å². The number of rotatable bonds is 4. The zero-order valence-electron chi connectivity index (χ0n) is 16.2. The van der Waals surface area contributed by atoms with Crippen LogP contribution in [0, 0.1) is 0 Å². The van der Waals surface area contributed by atoms with E-state index in [1.807, 2.05) is 18.2 Å². The predicted octanol–water partition coefficient (Wildman–Crippen LogP) is 2.61. The number of carboxylic acids is 1. The number of aromatic carboxylic acids is 1. The van der Waals surface area contributed by atoms with Gasteiger partial charge in [0.15, 0.2) is 0 Å². The summed E-state index contributed by atoms with van der Waals surface area (Å²) in [6, 6.07) is 5.81. The third kappa shape index (κ3) is 4.58. The van der Waals surface area contributed by atoms with Gasteiger partial charge in [0.1, 0.15) is 4.88 Å². The molecule has 29 heavy (non-hydrogen) atoms. The molecule has 1 fully saturated rings. The maximum atomic E-state index is 11.3. The molecule has 0 radical (unpaired) electrons. The lowest BCUT2D eigenvalue weighted by Gasteiger charge is -2.44. The van der Waals surface area contributed by atoms with Gasteiger partial charge in [0.2, 0.25) is 5.88 Å². The summed E-state index contributed by atoms with van der Waals surface area (Å²) in [5, 5.41) is 16.2. The molecule has 2 aliphatic heterocycles. The van der Waals surface area contributed by atoms with Crippen molar-refractivity contribution in [2.45, 2.75) is 31.4 Å². The van der Waals surface area contributed by atoms with Crippen molar-refractivity contribution in [2.75, 3.05) is 26.8 Å². The van der Waals surface area contributed by atoms with Gasteiger partial charge in [-0.3, -0.25) is 9.69 Å². The molecule has 0 atom stereocenters. The Bertz CT molecular complexity index is 860. The van der Waals surface area contributed by atoms with Crippen LogP contribution in [0.4, 0.5) is 0 Å². The summed E-state index contributed by atoms with van der Waals surface area (Å²) >= 11 is 1.40. The first-order valence-electron chi connectivity index (χ1n) is 9.31. The summed E-state index contributed by atoms with van der Waals surface area (Å²) in [5.41, 5.74) is 1.86. The molecule has 1 saturated heterocycles. The Morgan fingerprint density at radius 2 is 2.17 bits per heavy atom. The van der Waals surface area contributed by atoms with E-state index in [1.165, 1.54) is 16.2 Å². The zero-order chi connectivity index (χ0) is 20.9. The highest BCUT2D eigenvalue weighted by molar-refractivity contribution is 7.14. The highest BCUT2D eigenvalue weighted by Crippen LogP contribution is 2.44. The van der Waals surface area contributed by atoms with Gasteiger partial charge in [0, 0.05) is 42.7 Å². The number of hydrogen-bond donors (Lipinski definition) is 2. The largest absolute Gasteiger partial charge is 0.483 e. The van der Waals surface area contributed by atoms with Crippen LogP contribution in [0.2, 0.25) is 0 Å². The quantitative estimate of drug-likeness (QED) is 0.727. The van der Waals surface area contributed by atoms with Gasteiger partial charge in [0.25, 0.3) is 6.47 Å². The van der Waals surface area contributed by atoms with Gasteiger partial charge in [-0.2, -0.15) is 0 Å². The minimum Gasteiger partial charge on any atom is -0.483 e. The molecule has 0 aromatic carbocycles. The molecule has 2 aliphatic rings. The van der Waals surface area contributed by atoms with Crippen LogP contribution in [-0.2, 0) is 28.1 Å². The van der Waals surface area contributed by atoms with Crippen molar-refractivity contribution in [1.29, 1.82) is 0 Å². The highest BCUT2D eigenvalue weighted by atomic mass is 32.1. The number of ether oxygens (including phenoxy) is 2. The van der Waals surface area contributed by atoms with Gasteiger partial charge >= 0.3 is 5.97 Å². The highest BCUT2D eigenvalue weighted by Gasteiger charge is 2.42. The van der Waals surface area contributed by atoms with Crippen molar-refractivity contribution < 1.29 is 29.3 Å². The fourth-order valence-electron chi connectivity index (χ4n) is 3.98. The van der Waals surface area contributed by atoms with Crippen LogP contribution in [0.5, 0.6) is 5.88 Å². The molecule has 0 amide bonds. The van der Waals surface area contributed by atoms with Crippen LogP contribution in [0.25, 0.3) is 0 Å². The number of pyridine rings is 1. The fourth-order valence-corrected chi connectivity index (χ4v) is 5.05. The molecule has 9 heteroatoms. The molecule has 0 bridgehead atoms. The molecule has 4 rings (SSSR count). The molecular formula is C20H24N2O6S. The molecule has 2 aromatic rings. The Morgan fingerprint density at radius 1 is 1.45 bits per heavy atom. The summed E-state index contributed by atoms with van der Waals surface area (Å²) in [6.07, 6.45) is 4.30. The van der Waals surface area contributed by atoms with E-state index in [0.717, 1.165) is 50.0 Å². The average Bonchev–Trinajstić information content (AvgIpc) is 3.17. The van der Waals surface area contributed by atoms with Crippen molar-refractivity contribution in [3.63, 3.8) is 0 Å². The number of carbonyl (C=O) groups is 2.